The predicted octanol–water partition coefficient (Wildman–Crippen LogP) is 3.91. The number of allylic oxidation sites excluding steroid dienone is 1. The lowest BCUT2D eigenvalue weighted by Crippen LogP contribution is -2.43. The molecular formula is C24H39N3O2. The van der Waals surface area contributed by atoms with Crippen LogP contribution in [0.1, 0.15) is 49.9 Å². The molecule has 0 N–H and O–H groups in total. The predicted molar refractivity (Wildman–Crippen MR) is 121 cm³/mol. The summed E-state index contributed by atoms with van der Waals surface area (Å²) < 4.78 is 6.23. The monoisotopic (exact) mass is 401 g/mol. The Kier molecular flexibility index (Phi) is 9.18. The molecule has 1 atom stereocenters. The average Bonchev–Trinajstić information content (AvgIpc) is 2.70. The molecule has 1 heterocycles. The van der Waals surface area contributed by atoms with Gasteiger partial charge in [-0.05, 0) is 71.8 Å². The van der Waals surface area contributed by atoms with E-state index in [9.17, 15) is 4.79 Å². The molecule has 1 aromatic rings. The molecule has 0 bridgehead atoms. The van der Waals surface area contributed by atoms with Crippen LogP contribution in [0.3, 0.4) is 0 Å². The third-order valence-corrected chi connectivity index (χ3v) is 5.70. The standard InChI is InChI=1S/C24H39N3O2/c1-19(2)10-11-20(3)27-14-12-22(13-15-27)29-23-9-7-8-21(18-23)24(28)26(6)17-16-25(4)5/h7-9,18,20,22H,1,10-17H2,2-6H3. The summed E-state index contributed by atoms with van der Waals surface area (Å²) in [6.07, 6.45) is 4.54. The normalized spacial score (nSPS) is 16.6. The molecule has 0 aromatic heterocycles. The topological polar surface area (TPSA) is 36.0 Å². The van der Waals surface area contributed by atoms with Gasteiger partial charge in [0.05, 0.1) is 0 Å². The van der Waals surface area contributed by atoms with Gasteiger partial charge in [-0.3, -0.25) is 4.79 Å². The second-order valence-corrected chi connectivity index (χ2v) is 8.76. The van der Waals surface area contributed by atoms with Gasteiger partial charge in [0.1, 0.15) is 11.9 Å². The summed E-state index contributed by atoms with van der Waals surface area (Å²) in [5.74, 6) is 0.837. The molecule has 5 nitrogen and oxygen atoms in total. The third kappa shape index (κ3) is 7.82. The summed E-state index contributed by atoms with van der Waals surface area (Å²) in [6.45, 7) is 12.1. The molecule has 1 aliphatic heterocycles. The number of likely N-dealkylation sites (tertiary alicyclic amines) is 1. The molecule has 5 heteroatoms. The minimum absolute atomic E-state index is 0.0402. The number of nitrogens with zero attached hydrogens (tertiary/aromatic N) is 3. The van der Waals surface area contributed by atoms with Crippen LogP contribution in [-0.2, 0) is 0 Å². The summed E-state index contributed by atoms with van der Waals surface area (Å²) in [4.78, 5) is 19.1. The van der Waals surface area contributed by atoms with E-state index in [1.165, 1.54) is 12.0 Å². The number of benzene rings is 1. The van der Waals surface area contributed by atoms with E-state index in [2.05, 4.69) is 30.2 Å². The Hall–Kier alpha value is -1.85. The molecule has 0 saturated carbocycles. The van der Waals surface area contributed by atoms with Crippen LogP contribution in [0.2, 0.25) is 0 Å². The number of carbonyl (C=O) groups excluding carboxylic acids is 1. The highest BCUT2D eigenvalue weighted by Crippen LogP contribution is 2.23. The van der Waals surface area contributed by atoms with E-state index in [-0.39, 0.29) is 12.0 Å². The molecule has 1 fully saturated rings. The van der Waals surface area contributed by atoms with Gasteiger partial charge in [0, 0.05) is 44.8 Å². The lowest BCUT2D eigenvalue weighted by molar-refractivity contribution is 0.0758. The average molecular weight is 402 g/mol. The molecule has 0 radical (unpaired) electrons. The van der Waals surface area contributed by atoms with Crippen molar-refractivity contribution in [2.24, 2.45) is 0 Å². The molecule has 1 aliphatic rings. The molecule has 1 amide bonds. The van der Waals surface area contributed by atoms with Crippen molar-refractivity contribution in [3.63, 3.8) is 0 Å². The zero-order valence-corrected chi connectivity index (χ0v) is 19.0. The van der Waals surface area contributed by atoms with E-state index >= 15 is 0 Å². The van der Waals surface area contributed by atoms with Crippen molar-refractivity contribution in [3.05, 3.63) is 42.0 Å². The highest BCUT2D eigenvalue weighted by molar-refractivity contribution is 5.94. The highest BCUT2D eigenvalue weighted by Gasteiger charge is 2.24. The first kappa shape index (κ1) is 23.4. The Bertz CT molecular complexity index is 666. The number of hydrogen-bond acceptors (Lipinski definition) is 4. The summed E-state index contributed by atoms with van der Waals surface area (Å²) in [5, 5.41) is 0. The summed E-state index contributed by atoms with van der Waals surface area (Å²) >= 11 is 0. The van der Waals surface area contributed by atoms with Gasteiger partial charge in [-0.1, -0.05) is 11.6 Å². The lowest BCUT2D eigenvalue weighted by atomic mass is 10.0. The number of ether oxygens (including phenoxy) is 1. The summed E-state index contributed by atoms with van der Waals surface area (Å²) in [5.41, 5.74) is 1.95. The second-order valence-electron chi connectivity index (χ2n) is 8.76. The Morgan fingerprint density at radius 3 is 2.55 bits per heavy atom. The maximum absolute atomic E-state index is 12.7. The van der Waals surface area contributed by atoms with Gasteiger partial charge in [-0.25, -0.2) is 0 Å². The molecule has 0 spiro atoms. The zero-order valence-electron chi connectivity index (χ0n) is 19.0. The van der Waals surface area contributed by atoms with Gasteiger partial charge in [0.25, 0.3) is 5.91 Å². The van der Waals surface area contributed by atoms with Crippen LogP contribution < -0.4 is 4.74 Å². The Labute approximate surface area is 177 Å². The second kappa shape index (κ2) is 11.4. The van der Waals surface area contributed by atoms with Crippen LogP contribution in [0.25, 0.3) is 0 Å². The summed E-state index contributed by atoms with van der Waals surface area (Å²) in [6, 6.07) is 8.21. The quantitative estimate of drug-likeness (QED) is 0.557. The number of piperidine rings is 1. The highest BCUT2D eigenvalue weighted by atomic mass is 16.5. The van der Waals surface area contributed by atoms with E-state index in [0.29, 0.717) is 18.2 Å². The SMILES string of the molecule is C=C(C)CCC(C)N1CCC(Oc2cccc(C(=O)N(C)CCN(C)C)c2)CC1. The maximum atomic E-state index is 12.7. The van der Waals surface area contributed by atoms with Crippen molar-refractivity contribution in [1.29, 1.82) is 0 Å². The molecule has 29 heavy (non-hydrogen) atoms. The molecule has 162 valence electrons. The number of likely N-dealkylation sites (N-methyl/N-ethyl adjacent to an activating group) is 2. The van der Waals surface area contributed by atoms with Crippen molar-refractivity contribution >= 4 is 5.91 Å². The minimum Gasteiger partial charge on any atom is -0.490 e. The van der Waals surface area contributed by atoms with E-state index in [4.69, 9.17) is 4.74 Å². The minimum atomic E-state index is 0.0402. The molecule has 1 saturated heterocycles. The fourth-order valence-electron chi connectivity index (χ4n) is 3.64. The Morgan fingerprint density at radius 1 is 1.24 bits per heavy atom. The van der Waals surface area contributed by atoms with Crippen LogP contribution in [0.15, 0.2) is 36.4 Å². The van der Waals surface area contributed by atoms with Crippen LogP contribution in [0.4, 0.5) is 0 Å². The van der Waals surface area contributed by atoms with Crippen molar-refractivity contribution in [1.82, 2.24) is 14.7 Å². The van der Waals surface area contributed by atoms with Gasteiger partial charge >= 0.3 is 0 Å². The van der Waals surface area contributed by atoms with E-state index in [1.54, 1.807) is 4.90 Å². The molecule has 1 unspecified atom stereocenters. The first-order valence-corrected chi connectivity index (χ1v) is 10.8. The van der Waals surface area contributed by atoms with Crippen molar-refractivity contribution in [3.8, 4) is 5.75 Å². The van der Waals surface area contributed by atoms with E-state index in [1.807, 2.05) is 45.4 Å². The van der Waals surface area contributed by atoms with E-state index in [0.717, 1.165) is 44.6 Å². The number of carbonyl (C=O) groups is 1. The summed E-state index contributed by atoms with van der Waals surface area (Å²) in [7, 11) is 5.88. The van der Waals surface area contributed by atoms with Crippen LogP contribution in [-0.4, -0.2) is 80.1 Å². The molecular weight excluding hydrogens is 362 g/mol. The number of amides is 1. The first-order chi connectivity index (χ1) is 13.8. The lowest BCUT2D eigenvalue weighted by Gasteiger charge is -2.36. The van der Waals surface area contributed by atoms with E-state index < -0.39 is 0 Å². The fourth-order valence-corrected chi connectivity index (χ4v) is 3.64. The largest absolute Gasteiger partial charge is 0.490 e. The van der Waals surface area contributed by atoms with Gasteiger partial charge in [-0.2, -0.15) is 0 Å². The first-order valence-electron chi connectivity index (χ1n) is 10.8. The van der Waals surface area contributed by atoms with Crippen LogP contribution in [0, 0.1) is 0 Å². The number of rotatable bonds is 10. The number of hydrogen-bond donors (Lipinski definition) is 0. The third-order valence-electron chi connectivity index (χ3n) is 5.70. The Balaban J connectivity index is 1.85. The Morgan fingerprint density at radius 2 is 1.93 bits per heavy atom. The maximum Gasteiger partial charge on any atom is 0.253 e. The van der Waals surface area contributed by atoms with Crippen molar-refractivity contribution in [2.75, 3.05) is 47.3 Å². The van der Waals surface area contributed by atoms with Crippen LogP contribution in [0.5, 0.6) is 5.75 Å². The molecule has 1 aromatic carbocycles. The van der Waals surface area contributed by atoms with Crippen molar-refractivity contribution in [2.45, 2.75) is 51.7 Å². The molecule has 2 rings (SSSR count). The van der Waals surface area contributed by atoms with Crippen LogP contribution >= 0.6 is 0 Å². The van der Waals surface area contributed by atoms with Gasteiger partial charge in [-0.15, -0.1) is 6.58 Å². The zero-order chi connectivity index (χ0) is 21.4. The van der Waals surface area contributed by atoms with Gasteiger partial charge in [0.2, 0.25) is 0 Å². The van der Waals surface area contributed by atoms with Gasteiger partial charge < -0.3 is 19.4 Å². The van der Waals surface area contributed by atoms with Crippen molar-refractivity contribution < 1.29 is 9.53 Å². The fraction of sp³-hybridized carbons (Fsp3) is 0.625. The smallest absolute Gasteiger partial charge is 0.253 e. The van der Waals surface area contributed by atoms with Gasteiger partial charge in [0.15, 0.2) is 0 Å². The molecule has 0 aliphatic carbocycles.